The highest BCUT2D eigenvalue weighted by molar-refractivity contribution is 9.10. The summed E-state index contributed by atoms with van der Waals surface area (Å²) in [5.74, 6) is 0.321. The summed E-state index contributed by atoms with van der Waals surface area (Å²) in [5, 5.41) is 3.92. The lowest BCUT2D eigenvalue weighted by molar-refractivity contribution is -0.139. The fourth-order valence-corrected chi connectivity index (χ4v) is 6.37. The minimum atomic E-state index is -0.220. The van der Waals surface area contributed by atoms with Crippen molar-refractivity contribution in [3.05, 3.63) is 105 Å². The molecular weight excluding hydrogens is 574 g/mol. The molecule has 3 aromatic carbocycles. The Kier molecular flexibility index (Phi) is 9.06. The first-order valence-corrected chi connectivity index (χ1v) is 14.9. The van der Waals surface area contributed by atoms with Gasteiger partial charge in [-0.25, -0.2) is 0 Å². The lowest BCUT2D eigenvalue weighted by atomic mass is 9.77. The molecule has 1 atom stereocenters. The van der Waals surface area contributed by atoms with Gasteiger partial charge in [0.1, 0.15) is 0 Å². The number of likely N-dealkylation sites (tertiary alicyclic amines) is 2. The Balaban J connectivity index is 1.16. The maximum absolute atomic E-state index is 13.5. The van der Waals surface area contributed by atoms with Gasteiger partial charge in [0.15, 0.2) is 0 Å². The van der Waals surface area contributed by atoms with Gasteiger partial charge in [0.2, 0.25) is 11.8 Å². The number of rotatable bonds is 9. The second-order valence-electron chi connectivity index (χ2n) is 10.9. The molecular formula is C32H35BrClN3O2. The smallest absolute Gasteiger partial charge is 0.229 e. The maximum atomic E-state index is 13.5. The van der Waals surface area contributed by atoms with Crippen LogP contribution >= 0.6 is 27.5 Å². The number of hydrogen-bond donors (Lipinski definition) is 1. The van der Waals surface area contributed by atoms with Gasteiger partial charge in [-0.1, -0.05) is 82.1 Å². The number of hydrogen-bond acceptors (Lipinski definition) is 3. The molecule has 2 aliphatic rings. The number of carbonyl (C=O) groups is 2. The molecule has 0 saturated carbocycles. The molecule has 1 spiro atoms. The molecule has 0 bridgehead atoms. The van der Waals surface area contributed by atoms with Gasteiger partial charge in [-0.05, 0) is 79.7 Å². The lowest BCUT2D eigenvalue weighted by Crippen LogP contribution is -2.45. The monoisotopic (exact) mass is 607 g/mol. The van der Waals surface area contributed by atoms with E-state index in [4.69, 9.17) is 11.6 Å². The highest BCUT2D eigenvalue weighted by Crippen LogP contribution is 2.42. The van der Waals surface area contributed by atoms with Crippen LogP contribution in [0.5, 0.6) is 0 Å². The molecule has 0 aliphatic carbocycles. The quantitative estimate of drug-likeness (QED) is 0.306. The van der Waals surface area contributed by atoms with E-state index in [1.54, 1.807) is 0 Å². The third-order valence-electron chi connectivity index (χ3n) is 8.23. The number of nitrogens with one attached hydrogen (secondary N) is 1. The summed E-state index contributed by atoms with van der Waals surface area (Å²) in [6, 6.07) is 25.7. The third-order valence-corrected chi connectivity index (χ3v) is 8.99. The third kappa shape index (κ3) is 7.10. The molecule has 2 saturated heterocycles. The van der Waals surface area contributed by atoms with Crippen LogP contribution in [0.25, 0.3) is 0 Å². The second kappa shape index (κ2) is 12.7. The van der Waals surface area contributed by atoms with Crippen LogP contribution in [-0.2, 0) is 22.6 Å². The van der Waals surface area contributed by atoms with Crippen molar-refractivity contribution in [1.29, 1.82) is 0 Å². The largest absolute Gasteiger partial charge is 0.349 e. The molecule has 2 aliphatic heterocycles. The molecule has 0 aromatic heterocycles. The summed E-state index contributed by atoms with van der Waals surface area (Å²) in [6.45, 7) is 4.17. The Morgan fingerprint density at radius 3 is 2.36 bits per heavy atom. The highest BCUT2D eigenvalue weighted by Gasteiger charge is 2.47. The van der Waals surface area contributed by atoms with Crippen LogP contribution in [-0.4, -0.2) is 47.8 Å². The van der Waals surface area contributed by atoms with Crippen LogP contribution in [0.1, 0.15) is 48.4 Å². The van der Waals surface area contributed by atoms with E-state index in [-0.39, 0.29) is 17.4 Å². The molecule has 2 amide bonds. The van der Waals surface area contributed by atoms with E-state index in [0.717, 1.165) is 67.5 Å². The van der Waals surface area contributed by atoms with Crippen molar-refractivity contribution in [3.63, 3.8) is 0 Å². The lowest BCUT2D eigenvalue weighted by Gasteiger charge is -2.38. The number of nitrogens with zero attached hydrogens (tertiary/aromatic N) is 2. The predicted molar refractivity (Wildman–Crippen MR) is 159 cm³/mol. The van der Waals surface area contributed by atoms with Gasteiger partial charge in [0, 0.05) is 29.1 Å². The van der Waals surface area contributed by atoms with E-state index >= 15 is 0 Å². The normalized spacial score (nSPS) is 17.9. The molecule has 2 heterocycles. The molecule has 5 rings (SSSR count). The van der Waals surface area contributed by atoms with Crippen molar-refractivity contribution in [3.8, 4) is 0 Å². The van der Waals surface area contributed by atoms with Gasteiger partial charge in [-0.3, -0.25) is 9.59 Å². The average Bonchev–Trinajstić information content (AvgIpc) is 3.23. The molecule has 5 nitrogen and oxygen atoms in total. The molecule has 1 unspecified atom stereocenters. The maximum Gasteiger partial charge on any atom is 0.229 e. The summed E-state index contributed by atoms with van der Waals surface area (Å²) < 4.78 is 1.05. The van der Waals surface area contributed by atoms with Crippen molar-refractivity contribution >= 4 is 39.3 Å². The summed E-state index contributed by atoms with van der Waals surface area (Å²) in [6.07, 6.45) is 3.87. The number of carbonyl (C=O) groups excluding carboxylic acids is 2. The first-order chi connectivity index (χ1) is 18.9. The van der Waals surface area contributed by atoms with Crippen LogP contribution in [0.2, 0.25) is 5.02 Å². The standard InChI is InChI=1S/C32H35BrClN3O2/c33-27-11-9-25(10-12-27)23-37-20-16-32(31(37)39)14-18-36(19-15-32)17-13-29(26-7-4-8-28(34)22-26)35-30(38)21-24-5-2-1-3-6-24/h1-12,22,29H,13-21,23H2,(H,35,38). The predicted octanol–water partition coefficient (Wildman–Crippen LogP) is 6.41. The van der Waals surface area contributed by atoms with Crippen LogP contribution < -0.4 is 5.32 Å². The fraction of sp³-hybridized carbons (Fsp3) is 0.375. The van der Waals surface area contributed by atoms with Gasteiger partial charge in [-0.15, -0.1) is 0 Å². The highest BCUT2D eigenvalue weighted by atomic mass is 79.9. The van der Waals surface area contributed by atoms with Crippen LogP contribution in [0.3, 0.4) is 0 Å². The number of amides is 2. The van der Waals surface area contributed by atoms with E-state index < -0.39 is 0 Å². The Hall–Kier alpha value is -2.67. The first-order valence-electron chi connectivity index (χ1n) is 13.8. The molecule has 1 N–H and O–H groups in total. The van der Waals surface area contributed by atoms with Crippen LogP contribution in [0, 0.1) is 5.41 Å². The van der Waals surface area contributed by atoms with Crippen molar-refractivity contribution in [1.82, 2.24) is 15.1 Å². The Morgan fingerprint density at radius 2 is 1.64 bits per heavy atom. The van der Waals surface area contributed by atoms with E-state index in [0.29, 0.717) is 23.9 Å². The van der Waals surface area contributed by atoms with Crippen LogP contribution in [0.15, 0.2) is 83.3 Å². The van der Waals surface area contributed by atoms with E-state index in [1.165, 1.54) is 5.56 Å². The molecule has 2 fully saturated rings. The first kappa shape index (κ1) is 27.9. The molecule has 39 heavy (non-hydrogen) atoms. The topological polar surface area (TPSA) is 52.7 Å². The number of benzene rings is 3. The van der Waals surface area contributed by atoms with Gasteiger partial charge in [0.05, 0.1) is 17.9 Å². The second-order valence-corrected chi connectivity index (χ2v) is 12.2. The zero-order chi connectivity index (χ0) is 27.2. The molecule has 7 heteroatoms. The van der Waals surface area contributed by atoms with Gasteiger partial charge < -0.3 is 15.1 Å². The summed E-state index contributed by atoms with van der Waals surface area (Å²) in [7, 11) is 0. The zero-order valence-corrected chi connectivity index (χ0v) is 24.5. The van der Waals surface area contributed by atoms with Crippen molar-refractivity contribution < 1.29 is 9.59 Å². The van der Waals surface area contributed by atoms with E-state index in [1.807, 2.05) is 71.6 Å². The van der Waals surface area contributed by atoms with Crippen LogP contribution in [0.4, 0.5) is 0 Å². The van der Waals surface area contributed by atoms with E-state index in [2.05, 4.69) is 38.3 Å². The van der Waals surface area contributed by atoms with Gasteiger partial charge in [-0.2, -0.15) is 0 Å². The summed E-state index contributed by atoms with van der Waals surface area (Å²) >= 11 is 9.78. The average molecular weight is 609 g/mol. The van der Waals surface area contributed by atoms with Crippen molar-refractivity contribution in [2.45, 2.75) is 44.7 Å². The number of halogens is 2. The minimum Gasteiger partial charge on any atom is -0.349 e. The van der Waals surface area contributed by atoms with Crippen molar-refractivity contribution in [2.24, 2.45) is 5.41 Å². The zero-order valence-electron chi connectivity index (χ0n) is 22.1. The molecule has 0 radical (unpaired) electrons. The number of piperidine rings is 1. The summed E-state index contributed by atoms with van der Waals surface area (Å²) in [5.41, 5.74) is 2.97. The molecule has 3 aromatic rings. The Morgan fingerprint density at radius 1 is 0.923 bits per heavy atom. The molecule has 204 valence electrons. The van der Waals surface area contributed by atoms with E-state index in [9.17, 15) is 9.59 Å². The fourth-order valence-electron chi connectivity index (χ4n) is 5.91. The minimum absolute atomic E-state index is 0.00573. The Bertz CT molecular complexity index is 1280. The van der Waals surface area contributed by atoms with Gasteiger partial charge in [0.25, 0.3) is 0 Å². The summed E-state index contributed by atoms with van der Waals surface area (Å²) in [4.78, 5) is 30.8. The van der Waals surface area contributed by atoms with Gasteiger partial charge >= 0.3 is 0 Å². The van der Waals surface area contributed by atoms with Crippen molar-refractivity contribution in [2.75, 3.05) is 26.2 Å². The SMILES string of the molecule is O=C(Cc1ccccc1)NC(CCN1CCC2(CC1)CCN(Cc1ccc(Br)cc1)C2=O)c1cccc(Cl)c1. The Labute approximate surface area is 244 Å².